The minimum atomic E-state index is 0.0583. The molecule has 6 heteroatoms. The molecule has 0 spiro atoms. The summed E-state index contributed by atoms with van der Waals surface area (Å²) in [6.45, 7) is 10.2. The maximum Gasteiger partial charge on any atom is 0.220 e. The van der Waals surface area contributed by atoms with Gasteiger partial charge in [0.25, 0.3) is 0 Å². The molecule has 1 aliphatic rings. The lowest BCUT2D eigenvalue weighted by molar-refractivity contribution is -0.120. The molecule has 3 rings (SSSR count). The Labute approximate surface area is 155 Å². The van der Waals surface area contributed by atoms with Crippen molar-refractivity contribution in [2.45, 2.75) is 53.4 Å². The number of aryl methyl sites for hydroxylation is 2. The average molecular weight is 356 g/mol. The zero-order valence-corrected chi connectivity index (χ0v) is 16.1. The number of benzene rings is 1. The zero-order valence-electron chi connectivity index (χ0n) is 16.1. The first-order valence-electron chi connectivity index (χ1n) is 9.19. The lowest BCUT2D eigenvalue weighted by Crippen LogP contribution is -2.33. The topological polar surface area (TPSA) is 59.4 Å². The molecule has 6 nitrogen and oxygen atoms in total. The van der Waals surface area contributed by atoms with Gasteiger partial charge < -0.3 is 10.1 Å². The minimum absolute atomic E-state index is 0.0583. The third-order valence-corrected chi connectivity index (χ3v) is 4.96. The molecule has 0 unspecified atom stereocenters. The van der Waals surface area contributed by atoms with Gasteiger partial charge in [-0.2, -0.15) is 5.10 Å². The molecular weight excluding hydrogens is 328 g/mol. The monoisotopic (exact) mass is 356 g/mol. The molecule has 1 aromatic carbocycles. The summed E-state index contributed by atoms with van der Waals surface area (Å²) in [7, 11) is 1.72. The van der Waals surface area contributed by atoms with Gasteiger partial charge in [0.2, 0.25) is 5.91 Å². The standard InChI is InChI=1S/C20H28N4O2/c1-5-20(25)21-11-17-10-18-13-23(6-7-24(18)22-17)12-16-8-15(3)19(26-4)9-14(16)2/h8-10H,5-7,11-13H2,1-4H3,(H,21,25). The Balaban J connectivity index is 1.66. The fraction of sp³-hybridized carbons (Fsp3) is 0.500. The maximum atomic E-state index is 11.4. The summed E-state index contributed by atoms with van der Waals surface area (Å²) in [6.07, 6.45) is 0.502. The van der Waals surface area contributed by atoms with Crippen molar-refractivity contribution in [3.8, 4) is 5.75 Å². The largest absolute Gasteiger partial charge is 0.496 e. The number of hydrogen-bond donors (Lipinski definition) is 1. The highest BCUT2D eigenvalue weighted by molar-refractivity contribution is 5.75. The SMILES string of the molecule is CCC(=O)NCc1cc2n(n1)CCN(Cc1cc(C)c(OC)cc1C)C2. The molecule has 1 N–H and O–H groups in total. The molecule has 0 saturated heterocycles. The molecule has 1 aromatic heterocycles. The van der Waals surface area contributed by atoms with E-state index in [0.717, 1.165) is 37.6 Å². The smallest absolute Gasteiger partial charge is 0.220 e. The minimum Gasteiger partial charge on any atom is -0.496 e. The second kappa shape index (κ2) is 7.91. The number of nitrogens with zero attached hydrogens (tertiary/aromatic N) is 3. The first-order valence-corrected chi connectivity index (χ1v) is 9.19. The first kappa shape index (κ1) is 18.5. The van der Waals surface area contributed by atoms with E-state index in [0.29, 0.717) is 13.0 Å². The molecule has 2 aromatic rings. The second-order valence-electron chi connectivity index (χ2n) is 6.94. The van der Waals surface area contributed by atoms with Crippen molar-refractivity contribution in [1.82, 2.24) is 20.0 Å². The van der Waals surface area contributed by atoms with Gasteiger partial charge in [0, 0.05) is 26.1 Å². The highest BCUT2D eigenvalue weighted by atomic mass is 16.5. The van der Waals surface area contributed by atoms with Crippen molar-refractivity contribution in [2.24, 2.45) is 0 Å². The van der Waals surface area contributed by atoms with E-state index in [-0.39, 0.29) is 5.91 Å². The van der Waals surface area contributed by atoms with E-state index >= 15 is 0 Å². The number of hydrogen-bond acceptors (Lipinski definition) is 4. The van der Waals surface area contributed by atoms with E-state index in [1.54, 1.807) is 7.11 Å². The molecule has 0 saturated carbocycles. The van der Waals surface area contributed by atoms with Gasteiger partial charge in [-0.15, -0.1) is 0 Å². The molecule has 0 atom stereocenters. The second-order valence-corrected chi connectivity index (χ2v) is 6.94. The van der Waals surface area contributed by atoms with Crippen LogP contribution in [-0.2, 0) is 31.0 Å². The number of aromatic nitrogens is 2. The van der Waals surface area contributed by atoms with Crippen LogP contribution in [0.3, 0.4) is 0 Å². The Morgan fingerprint density at radius 3 is 2.77 bits per heavy atom. The Kier molecular flexibility index (Phi) is 5.61. The number of rotatable bonds is 6. The summed E-state index contributed by atoms with van der Waals surface area (Å²) in [4.78, 5) is 13.9. The van der Waals surface area contributed by atoms with Crippen molar-refractivity contribution in [1.29, 1.82) is 0 Å². The third-order valence-electron chi connectivity index (χ3n) is 4.96. The van der Waals surface area contributed by atoms with Crippen LogP contribution in [0.1, 0.15) is 41.4 Å². The number of carbonyl (C=O) groups excluding carboxylic acids is 1. The van der Waals surface area contributed by atoms with Gasteiger partial charge in [-0.3, -0.25) is 14.4 Å². The number of fused-ring (bicyclic) bond motifs is 1. The Bertz CT molecular complexity index is 797. The Morgan fingerprint density at radius 1 is 1.23 bits per heavy atom. The van der Waals surface area contributed by atoms with Crippen LogP contribution in [0.25, 0.3) is 0 Å². The predicted molar refractivity (Wildman–Crippen MR) is 101 cm³/mol. The van der Waals surface area contributed by atoms with Crippen molar-refractivity contribution >= 4 is 5.91 Å². The fourth-order valence-corrected chi connectivity index (χ4v) is 3.40. The summed E-state index contributed by atoms with van der Waals surface area (Å²) < 4.78 is 7.48. The number of ether oxygens (including phenoxy) is 1. The van der Waals surface area contributed by atoms with Gasteiger partial charge in [0.05, 0.1) is 31.6 Å². The number of amides is 1. The van der Waals surface area contributed by atoms with Crippen molar-refractivity contribution in [3.05, 3.63) is 46.3 Å². The van der Waals surface area contributed by atoms with Crippen LogP contribution < -0.4 is 10.1 Å². The summed E-state index contributed by atoms with van der Waals surface area (Å²) in [5.74, 6) is 1.00. The van der Waals surface area contributed by atoms with Crippen molar-refractivity contribution in [3.63, 3.8) is 0 Å². The van der Waals surface area contributed by atoms with E-state index in [4.69, 9.17) is 4.74 Å². The Morgan fingerprint density at radius 2 is 2.04 bits per heavy atom. The normalized spacial score (nSPS) is 14.2. The van der Waals surface area contributed by atoms with E-state index in [1.165, 1.54) is 22.4 Å². The van der Waals surface area contributed by atoms with E-state index in [9.17, 15) is 4.79 Å². The molecule has 0 aliphatic carbocycles. The van der Waals surface area contributed by atoms with Gasteiger partial charge in [-0.05, 0) is 42.7 Å². The quantitative estimate of drug-likeness (QED) is 0.864. The molecule has 0 radical (unpaired) electrons. The van der Waals surface area contributed by atoms with E-state index in [1.807, 2.05) is 6.92 Å². The lowest BCUT2D eigenvalue weighted by Gasteiger charge is -2.28. The van der Waals surface area contributed by atoms with Crippen LogP contribution >= 0.6 is 0 Å². The summed E-state index contributed by atoms with van der Waals surface area (Å²) in [5.41, 5.74) is 5.91. The molecule has 0 fully saturated rings. The van der Waals surface area contributed by atoms with Gasteiger partial charge in [0.15, 0.2) is 0 Å². The summed E-state index contributed by atoms with van der Waals surface area (Å²) in [6, 6.07) is 6.45. The van der Waals surface area contributed by atoms with Crippen LogP contribution in [-0.4, -0.2) is 34.2 Å². The number of nitrogens with one attached hydrogen (secondary N) is 1. The third kappa shape index (κ3) is 4.07. The van der Waals surface area contributed by atoms with Crippen LogP contribution in [0, 0.1) is 13.8 Å². The molecule has 26 heavy (non-hydrogen) atoms. The molecule has 2 heterocycles. The van der Waals surface area contributed by atoms with Crippen LogP contribution in [0.15, 0.2) is 18.2 Å². The molecular formula is C20H28N4O2. The number of methoxy groups -OCH3 is 1. The molecule has 140 valence electrons. The maximum absolute atomic E-state index is 11.4. The van der Waals surface area contributed by atoms with E-state index in [2.05, 4.69) is 52.0 Å². The predicted octanol–water partition coefficient (Wildman–Crippen LogP) is 2.55. The van der Waals surface area contributed by atoms with Gasteiger partial charge in [-0.25, -0.2) is 0 Å². The highest BCUT2D eigenvalue weighted by Gasteiger charge is 2.19. The highest BCUT2D eigenvalue weighted by Crippen LogP contribution is 2.25. The van der Waals surface area contributed by atoms with Crippen LogP contribution in [0.2, 0.25) is 0 Å². The number of carbonyl (C=O) groups is 1. The first-order chi connectivity index (χ1) is 12.5. The Hall–Kier alpha value is -2.34. The van der Waals surface area contributed by atoms with Crippen molar-refractivity contribution < 1.29 is 9.53 Å². The van der Waals surface area contributed by atoms with Crippen molar-refractivity contribution in [2.75, 3.05) is 13.7 Å². The van der Waals surface area contributed by atoms with Gasteiger partial charge >= 0.3 is 0 Å². The summed E-state index contributed by atoms with van der Waals surface area (Å²) in [5, 5.41) is 7.50. The molecule has 0 bridgehead atoms. The average Bonchev–Trinajstić information content (AvgIpc) is 3.04. The molecule has 1 amide bonds. The fourth-order valence-electron chi connectivity index (χ4n) is 3.40. The molecule has 1 aliphatic heterocycles. The van der Waals surface area contributed by atoms with Crippen LogP contribution in [0.5, 0.6) is 5.75 Å². The lowest BCUT2D eigenvalue weighted by atomic mass is 10.0. The van der Waals surface area contributed by atoms with Gasteiger partial charge in [-0.1, -0.05) is 13.0 Å². The summed E-state index contributed by atoms with van der Waals surface area (Å²) >= 11 is 0. The van der Waals surface area contributed by atoms with E-state index < -0.39 is 0 Å². The zero-order chi connectivity index (χ0) is 18.7. The van der Waals surface area contributed by atoms with Crippen LogP contribution in [0.4, 0.5) is 0 Å². The van der Waals surface area contributed by atoms with Gasteiger partial charge in [0.1, 0.15) is 5.75 Å².